The third-order valence-corrected chi connectivity index (χ3v) is 3.63. The molecule has 2 N–H and O–H groups in total. The van der Waals surface area contributed by atoms with Crippen molar-refractivity contribution in [3.8, 4) is 5.75 Å². The maximum Gasteiger partial charge on any atom is 0.326 e. The highest BCUT2D eigenvalue weighted by Gasteiger charge is 2.44. The molecule has 0 aliphatic heterocycles. The predicted octanol–water partition coefficient (Wildman–Crippen LogP) is 2.33. The lowest BCUT2D eigenvalue weighted by Crippen LogP contribution is -2.47. The first-order chi connectivity index (χ1) is 9.44. The summed E-state index contributed by atoms with van der Waals surface area (Å²) in [7, 11) is 0. The lowest BCUT2D eigenvalue weighted by molar-refractivity contribution is -0.149. The van der Waals surface area contributed by atoms with Gasteiger partial charge in [0, 0.05) is 12.5 Å². The van der Waals surface area contributed by atoms with Crippen molar-refractivity contribution in [2.45, 2.75) is 44.8 Å². The van der Waals surface area contributed by atoms with E-state index in [2.05, 4.69) is 0 Å². The Morgan fingerprint density at radius 3 is 2.95 bits per heavy atom. The summed E-state index contributed by atoms with van der Waals surface area (Å²) in [5.41, 5.74) is 5.65. The van der Waals surface area contributed by atoms with Gasteiger partial charge in [-0.05, 0) is 38.3 Å². The molecule has 4 nitrogen and oxygen atoms in total. The molecule has 2 atom stereocenters. The molecule has 0 spiro atoms. The summed E-state index contributed by atoms with van der Waals surface area (Å²) in [6.45, 7) is 3.76. The highest BCUT2D eigenvalue weighted by Crippen LogP contribution is 2.32. The summed E-state index contributed by atoms with van der Waals surface area (Å²) in [5, 5.41) is 0. The lowest BCUT2D eigenvalue weighted by Gasteiger charge is -2.21. The van der Waals surface area contributed by atoms with Crippen LogP contribution in [0, 0.1) is 12.7 Å². The smallest absolute Gasteiger partial charge is 0.326 e. The number of nitrogens with two attached hydrogens (primary N) is 1. The highest BCUT2D eigenvalue weighted by molar-refractivity contribution is 5.81. The number of esters is 1. The number of benzene rings is 1. The summed E-state index contributed by atoms with van der Waals surface area (Å²) >= 11 is 0. The number of ether oxygens (including phenoxy) is 2. The van der Waals surface area contributed by atoms with Gasteiger partial charge in [0.2, 0.25) is 0 Å². The Kier molecular flexibility index (Phi) is 4.28. The molecule has 110 valence electrons. The van der Waals surface area contributed by atoms with Crippen molar-refractivity contribution in [2.75, 3.05) is 6.61 Å². The van der Waals surface area contributed by atoms with Gasteiger partial charge in [0.1, 0.15) is 23.2 Å². The average molecular weight is 281 g/mol. The molecular formula is C15H20FNO3. The van der Waals surface area contributed by atoms with Gasteiger partial charge in [-0.3, -0.25) is 4.79 Å². The molecule has 5 heteroatoms. The van der Waals surface area contributed by atoms with E-state index in [0.717, 1.165) is 0 Å². The van der Waals surface area contributed by atoms with Crippen molar-refractivity contribution in [3.05, 3.63) is 29.6 Å². The minimum absolute atomic E-state index is 0.188. The fraction of sp³-hybridized carbons (Fsp3) is 0.533. The lowest BCUT2D eigenvalue weighted by atomic mass is 9.99. The summed E-state index contributed by atoms with van der Waals surface area (Å²) in [5.74, 6) is -0.225. The molecule has 0 aromatic heterocycles. The zero-order valence-electron chi connectivity index (χ0n) is 11.8. The number of halogens is 1. The molecule has 1 saturated carbocycles. The molecule has 2 rings (SSSR count). The molecule has 1 aromatic rings. The number of rotatable bonds is 4. The number of hydrogen-bond donors (Lipinski definition) is 1. The van der Waals surface area contributed by atoms with E-state index in [1.807, 2.05) is 0 Å². The van der Waals surface area contributed by atoms with Crippen LogP contribution in [-0.2, 0) is 9.53 Å². The fourth-order valence-electron chi connectivity index (χ4n) is 2.43. The third kappa shape index (κ3) is 3.10. The first-order valence-electron chi connectivity index (χ1n) is 6.83. The quantitative estimate of drug-likeness (QED) is 0.860. The van der Waals surface area contributed by atoms with Crippen molar-refractivity contribution in [1.82, 2.24) is 0 Å². The zero-order chi connectivity index (χ0) is 14.8. The molecule has 0 bridgehead atoms. The van der Waals surface area contributed by atoms with Crippen molar-refractivity contribution < 1.29 is 18.7 Å². The molecule has 0 saturated heterocycles. The Labute approximate surface area is 118 Å². The minimum Gasteiger partial charge on any atom is -0.490 e. The van der Waals surface area contributed by atoms with Crippen molar-refractivity contribution >= 4 is 5.97 Å². The molecule has 1 aromatic carbocycles. The SMILES string of the molecule is CCOC(=O)C1(N)CCC(Oc2ccc(C)c(F)c2)C1. The summed E-state index contributed by atoms with van der Waals surface area (Å²) in [4.78, 5) is 11.8. The van der Waals surface area contributed by atoms with Crippen molar-refractivity contribution in [2.24, 2.45) is 5.73 Å². The van der Waals surface area contributed by atoms with E-state index in [1.54, 1.807) is 26.0 Å². The predicted molar refractivity (Wildman–Crippen MR) is 73.0 cm³/mol. The van der Waals surface area contributed by atoms with Crippen LogP contribution >= 0.6 is 0 Å². The van der Waals surface area contributed by atoms with Gasteiger partial charge in [0.05, 0.1) is 6.61 Å². The second-order valence-corrected chi connectivity index (χ2v) is 5.27. The van der Waals surface area contributed by atoms with Crippen molar-refractivity contribution in [1.29, 1.82) is 0 Å². The molecule has 1 aliphatic carbocycles. The number of aryl methyl sites for hydroxylation is 1. The zero-order valence-corrected chi connectivity index (χ0v) is 11.8. The Morgan fingerprint density at radius 1 is 1.55 bits per heavy atom. The van der Waals surface area contributed by atoms with Crippen molar-refractivity contribution in [3.63, 3.8) is 0 Å². The summed E-state index contributed by atoms with van der Waals surface area (Å²) < 4.78 is 24.1. The molecule has 1 fully saturated rings. The van der Waals surface area contributed by atoms with Gasteiger partial charge in [-0.25, -0.2) is 4.39 Å². The van der Waals surface area contributed by atoms with Gasteiger partial charge in [-0.15, -0.1) is 0 Å². The van der Waals surface area contributed by atoms with Crippen LogP contribution in [0.4, 0.5) is 4.39 Å². The first-order valence-corrected chi connectivity index (χ1v) is 6.83. The Morgan fingerprint density at radius 2 is 2.30 bits per heavy atom. The summed E-state index contributed by atoms with van der Waals surface area (Å²) in [6, 6.07) is 4.75. The van der Waals surface area contributed by atoms with E-state index < -0.39 is 5.54 Å². The second kappa shape index (κ2) is 5.79. The Bertz CT molecular complexity index is 506. The monoisotopic (exact) mass is 281 g/mol. The van der Waals surface area contributed by atoms with Crippen LogP contribution in [0.2, 0.25) is 0 Å². The second-order valence-electron chi connectivity index (χ2n) is 5.27. The highest BCUT2D eigenvalue weighted by atomic mass is 19.1. The van der Waals surface area contributed by atoms with Gasteiger partial charge in [0.15, 0.2) is 0 Å². The number of carbonyl (C=O) groups is 1. The van der Waals surface area contributed by atoms with Gasteiger partial charge in [-0.2, -0.15) is 0 Å². The summed E-state index contributed by atoms with van der Waals surface area (Å²) in [6.07, 6.45) is 1.38. The maximum atomic E-state index is 13.5. The third-order valence-electron chi connectivity index (χ3n) is 3.63. The van der Waals surface area contributed by atoms with Crippen LogP contribution in [0.3, 0.4) is 0 Å². The van der Waals surface area contributed by atoms with E-state index in [0.29, 0.717) is 37.2 Å². The molecule has 20 heavy (non-hydrogen) atoms. The van der Waals surface area contributed by atoms with Gasteiger partial charge in [-0.1, -0.05) is 6.07 Å². The Hall–Kier alpha value is -1.62. The largest absolute Gasteiger partial charge is 0.490 e. The fourth-order valence-corrected chi connectivity index (χ4v) is 2.43. The number of hydrogen-bond acceptors (Lipinski definition) is 4. The van der Waals surface area contributed by atoms with E-state index in [9.17, 15) is 9.18 Å². The standard InChI is InChI=1S/C15H20FNO3/c1-3-19-14(18)15(17)7-6-12(9-15)20-11-5-4-10(2)13(16)8-11/h4-5,8,12H,3,6-7,9,17H2,1-2H3. The van der Waals surface area contributed by atoms with Gasteiger partial charge < -0.3 is 15.2 Å². The van der Waals surface area contributed by atoms with E-state index in [-0.39, 0.29) is 17.9 Å². The van der Waals surface area contributed by atoms with E-state index in [4.69, 9.17) is 15.2 Å². The molecule has 2 unspecified atom stereocenters. The first kappa shape index (κ1) is 14.8. The molecule has 0 radical (unpaired) electrons. The molecule has 0 heterocycles. The van der Waals surface area contributed by atoms with Crippen LogP contribution in [0.15, 0.2) is 18.2 Å². The molecule has 1 aliphatic rings. The van der Waals surface area contributed by atoms with Gasteiger partial charge in [0.25, 0.3) is 0 Å². The maximum absolute atomic E-state index is 13.5. The topological polar surface area (TPSA) is 61.5 Å². The average Bonchev–Trinajstić information content (AvgIpc) is 2.77. The van der Waals surface area contributed by atoms with Crippen LogP contribution in [0.25, 0.3) is 0 Å². The normalized spacial score (nSPS) is 25.5. The van der Waals surface area contributed by atoms with E-state index >= 15 is 0 Å². The minimum atomic E-state index is -0.982. The molecular weight excluding hydrogens is 261 g/mol. The van der Waals surface area contributed by atoms with Gasteiger partial charge >= 0.3 is 5.97 Å². The van der Waals surface area contributed by atoms with Crippen LogP contribution in [0.5, 0.6) is 5.75 Å². The van der Waals surface area contributed by atoms with Crippen LogP contribution < -0.4 is 10.5 Å². The van der Waals surface area contributed by atoms with Crippen LogP contribution in [-0.4, -0.2) is 24.2 Å². The Balaban J connectivity index is 1.99. The molecule has 0 amide bonds. The van der Waals surface area contributed by atoms with E-state index in [1.165, 1.54) is 6.07 Å². The van der Waals surface area contributed by atoms with Crippen LogP contribution in [0.1, 0.15) is 31.7 Å². The number of carbonyl (C=O) groups excluding carboxylic acids is 1.